The fourth-order valence-electron chi connectivity index (χ4n) is 8.18. The standard InChI is InChI=1S/C28H38N2O3S/c1-29(19-26(31)28-16-20-13-21(17-28)15-22(14-20)18-28)11-3-2-4-12-30-24-9-5-7-23-8-6-10-25(27(23)24)34(30,32)33/h5-10,20-22,26,31H,2-4,11-19H2,1H3. The van der Waals surface area contributed by atoms with Gasteiger partial charge in [-0.25, -0.2) is 8.42 Å². The average Bonchev–Trinajstić information content (AvgIpc) is 3.01. The molecule has 6 heteroatoms. The van der Waals surface area contributed by atoms with Crippen molar-refractivity contribution in [3.8, 4) is 0 Å². The normalized spacial score (nSPS) is 31.6. The summed E-state index contributed by atoms with van der Waals surface area (Å²) < 4.78 is 27.8. The summed E-state index contributed by atoms with van der Waals surface area (Å²) in [6.45, 7) is 2.24. The number of nitrogens with zero attached hydrogens (tertiary/aromatic N) is 2. The van der Waals surface area contributed by atoms with Gasteiger partial charge in [0.25, 0.3) is 10.0 Å². The Kier molecular flexibility index (Phi) is 5.70. The van der Waals surface area contributed by atoms with Crippen LogP contribution in [0.4, 0.5) is 5.69 Å². The number of benzene rings is 2. The molecule has 4 aliphatic carbocycles. The topological polar surface area (TPSA) is 60.9 Å². The Labute approximate surface area is 204 Å². The quantitative estimate of drug-likeness (QED) is 0.510. The van der Waals surface area contributed by atoms with Crippen LogP contribution in [0.15, 0.2) is 41.3 Å². The molecule has 184 valence electrons. The molecule has 0 saturated heterocycles. The lowest BCUT2D eigenvalue weighted by Crippen LogP contribution is -2.54. The predicted octanol–water partition coefficient (Wildman–Crippen LogP) is 5.03. The van der Waals surface area contributed by atoms with E-state index in [9.17, 15) is 13.5 Å². The Hall–Kier alpha value is -1.63. The van der Waals surface area contributed by atoms with Crippen LogP contribution in [0.1, 0.15) is 57.8 Å². The Bertz CT molecular complexity index is 1140. The molecule has 0 aromatic heterocycles. The van der Waals surface area contributed by atoms with Crippen LogP contribution in [-0.2, 0) is 10.0 Å². The second-order valence-corrected chi connectivity index (χ2v) is 13.7. The Morgan fingerprint density at radius 3 is 2.32 bits per heavy atom. The highest BCUT2D eigenvalue weighted by Crippen LogP contribution is 2.61. The van der Waals surface area contributed by atoms with E-state index in [0.717, 1.165) is 66.6 Å². The average molecular weight is 483 g/mol. The maximum Gasteiger partial charge on any atom is 0.265 e. The number of likely N-dealkylation sites (N-methyl/N-ethyl adjacent to an activating group) is 1. The molecule has 1 unspecified atom stereocenters. The number of sulfonamides is 1. The smallest absolute Gasteiger partial charge is 0.265 e. The molecule has 1 heterocycles. The molecule has 1 N–H and O–H groups in total. The van der Waals surface area contributed by atoms with Gasteiger partial charge in [-0.3, -0.25) is 4.31 Å². The van der Waals surface area contributed by atoms with Crippen molar-refractivity contribution < 1.29 is 13.5 Å². The van der Waals surface area contributed by atoms with Gasteiger partial charge in [0.2, 0.25) is 0 Å². The number of hydrogen-bond donors (Lipinski definition) is 1. The molecule has 4 saturated carbocycles. The van der Waals surface area contributed by atoms with E-state index in [1.54, 1.807) is 10.4 Å². The minimum absolute atomic E-state index is 0.184. The summed E-state index contributed by atoms with van der Waals surface area (Å²) in [6.07, 6.45) is 10.6. The number of aliphatic hydroxyl groups excluding tert-OH is 1. The Balaban J connectivity index is 0.995. The summed E-state index contributed by atoms with van der Waals surface area (Å²) in [6, 6.07) is 11.4. The van der Waals surface area contributed by atoms with Crippen LogP contribution in [0, 0.1) is 23.2 Å². The van der Waals surface area contributed by atoms with Crippen molar-refractivity contribution >= 4 is 26.5 Å². The van der Waals surface area contributed by atoms with Gasteiger partial charge in [0, 0.05) is 18.5 Å². The van der Waals surface area contributed by atoms with Gasteiger partial charge in [0.05, 0.1) is 16.7 Å². The maximum absolute atomic E-state index is 13.1. The molecule has 1 aliphatic heterocycles. The predicted molar refractivity (Wildman–Crippen MR) is 136 cm³/mol. The van der Waals surface area contributed by atoms with Crippen LogP contribution >= 0.6 is 0 Å². The molecule has 0 spiro atoms. The first-order chi connectivity index (χ1) is 16.4. The van der Waals surface area contributed by atoms with Crippen molar-refractivity contribution in [2.45, 2.75) is 68.8 Å². The summed E-state index contributed by atoms with van der Waals surface area (Å²) in [5, 5.41) is 13.1. The first-order valence-corrected chi connectivity index (χ1v) is 14.7. The molecule has 1 atom stereocenters. The zero-order valence-electron chi connectivity index (χ0n) is 20.3. The minimum atomic E-state index is -3.45. The van der Waals surface area contributed by atoms with Crippen LogP contribution < -0.4 is 4.31 Å². The zero-order chi connectivity index (χ0) is 23.5. The molecule has 5 nitrogen and oxygen atoms in total. The van der Waals surface area contributed by atoms with E-state index in [2.05, 4.69) is 11.9 Å². The monoisotopic (exact) mass is 482 g/mol. The molecular weight excluding hydrogens is 444 g/mol. The van der Waals surface area contributed by atoms with Crippen LogP contribution in [0.3, 0.4) is 0 Å². The van der Waals surface area contributed by atoms with E-state index in [0.29, 0.717) is 11.4 Å². The number of aliphatic hydroxyl groups is 1. The number of hydrogen-bond acceptors (Lipinski definition) is 4. The van der Waals surface area contributed by atoms with Crippen molar-refractivity contribution in [3.63, 3.8) is 0 Å². The number of anilines is 1. The second kappa shape index (κ2) is 8.49. The second-order valence-electron chi connectivity index (χ2n) is 11.8. The van der Waals surface area contributed by atoms with Gasteiger partial charge in [-0.15, -0.1) is 0 Å². The number of rotatable bonds is 9. The van der Waals surface area contributed by atoms with Gasteiger partial charge < -0.3 is 10.0 Å². The summed E-state index contributed by atoms with van der Waals surface area (Å²) in [5.74, 6) is 2.60. The van der Waals surface area contributed by atoms with Gasteiger partial charge in [0.1, 0.15) is 0 Å². The van der Waals surface area contributed by atoms with Crippen molar-refractivity contribution in [2.75, 3.05) is 31.0 Å². The SMILES string of the molecule is CN(CCCCCN1c2cccc3cccc(c23)S1(=O)=O)CC(O)C12CC3CC(CC(C3)C1)C2. The molecule has 2 aromatic rings. The van der Waals surface area contributed by atoms with Crippen molar-refractivity contribution in [3.05, 3.63) is 36.4 Å². The van der Waals surface area contributed by atoms with Crippen LogP contribution in [0.5, 0.6) is 0 Å². The Morgan fingerprint density at radius 2 is 1.65 bits per heavy atom. The molecule has 7 rings (SSSR count). The summed E-state index contributed by atoms with van der Waals surface area (Å²) in [7, 11) is -1.32. The first-order valence-electron chi connectivity index (χ1n) is 13.3. The third-order valence-corrected chi connectivity index (χ3v) is 11.2. The summed E-state index contributed by atoms with van der Waals surface area (Å²) in [5.41, 5.74) is 1.01. The molecular formula is C28H38N2O3S. The largest absolute Gasteiger partial charge is 0.391 e. The molecule has 34 heavy (non-hydrogen) atoms. The van der Waals surface area contributed by atoms with E-state index < -0.39 is 10.0 Å². The fraction of sp³-hybridized carbons (Fsp3) is 0.643. The lowest BCUT2D eigenvalue weighted by Gasteiger charge is -2.58. The molecule has 5 aliphatic rings. The van der Waals surface area contributed by atoms with Crippen LogP contribution in [0.25, 0.3) is 10.8 Å². The minimum Gasteiger partial charge on any atom is -0.391 e. The van der Waals surface area contributed by atoms with Crippen LogP contribution in [-0.4, -0.2) is 51.2 Å². The molecule has 4 fully saturated rings. The Morgan fingerprint density at radius 1 is 1.00 bits per heavy atom. The molecule has 0 radical (unpaired) electrons. The first kappa shape index (κ1) is 22.8. The van der Waals surface area contributed by atoms with E-state index in [4.69, 9.17) is 0 Å². The van der Waals surface area contributed by atoms with E-state index in [-0.39, 0.29) is 11.5 Å². The molecule has 4 bridgehead atoms. The highest BCUT2D eigenvalue weighted by atomic mass is 32.2. The lowest BCUT2D eigenvalue weighted by atomic mass is 9.48. The zero-order valence-corrected chi connectivity index (χ0v) is 21.1. The summed E-state index contributed by atoms with van der Waals surface area (Å²) >= 11 is 0. The van der Waals surface area contributed by atoms with E-state index >= 15 is 0 Å². The lowest BCUT2D eigenvalue weighted by molar-refractivity contribution is -0.125. The van der Waals surface area contributed by atoms with Crippen molar-refractivity contribution in [1.29, 1.82) is 0 Å². The van der Waals surface area contributed by atoms with Gasteiger partial charge in [-0.2, -0.15) is 0 Å². The van der Waals surface area contributed by atoms with Gasteiger partial charge in [-0.1, -0.05) is 30.7 Å². The van der Waals surface area contributed by atoms with Gasteiger partial charge >= 0.3 is 0 Å². The van der Waals surface area contributed by atoms with Gasteiger partial charge in [-0.05, 0) is 106 Å². The maximum atomic E-state index is 13.1. The van der Waals surface area contributed by atoms with Crippen LogP contribution in [0.2, 0.25) is 0 Å². The summed E-state index contributed by atoms with van der Waals surface area (Å²) in [4.78, 5) is 2.74. The third kappa shape index (κ3) is 3.77. The third-order valence-electron chi connectivity index (χ3n) is 9.36. The van der Waals surface area contributed by atoms with Crippen molar-refractivity contribution in [1.82, 2.24) is 4.90 Å². The van der Waals surface area contributed by atoms with E-state index in [1.165, 1.54) is 38.5 Å². The highest BCUT2D eigenvalue weighted by Gasteiger charge is 2.53. The highest BCUT2D eigenvalue weighted by molar-refractivity contribution is 7.93. The molecule has 0 amide bonds. The van der Waals surface area contributed by atoms with Crippen molar-refractivity contribution in [2.24, 2.45) is 23.2 Å². The number of unbranched alkanes of at least 4 members (excludes halogenated alkanes) is 2. The fourth-order valence-corrected chi connectivity index (χ4v) is 9.93. The molecule has 2 aromatic carbocycles. The van der Waals surface area contributed by atoms with Gasteiger partial charge in [0.15, 0.2) is 0 Å². The van der Waals surface area contributed by atoms with E-state index in [1.807, 2.05) is 30.3 Å².